The maximum absolute atomic E-state index is 11.9. The monoisotopic (exact) mass is 478 g/mol. The number of carbonyl (C=O) groups is 1. The predicted molar refractivity (Wildman–Crippen MR) is 95.0 cm³/mol. The number of phenols is 1. The summed E-state index contributed by atoms with van der Waals surface area (Å²) in [6, 6.07) is 10.2. The number of benzene rings is 2. The number of hydrogen-bond acceptors (Lipinski definition) is 3. The van der Waals surface area contributed by atoms with Gasteiger partial charge in [-0.05, 0) is 68.3 Å². The highest BCUT2D eigenvalue weighted by Crippen LogP contribution is 2.29. The van der Waals surface area contributed by atoms with Crippen LogP contribution in [0.25, 0.3) is 0 Å². The Bertz CT molecular complexity index is 699. The zero-order valence-electron chi connectivity index (χ0n) is 10.5. The SMILES string of the molecule is O=C(N/N=C\c1cc(Br)c(O)c(I)c1)c1ccccc1Cl. The molecule has 0 saturated carbocycles. The molecular formula is C14H9BrClIN2O2. The summed E-state index contributed by atoms with van der Waals surface area (Å²) in [5.74, 6) is -0.211. The summed E-state index contributed by atoms with van der Waals surface area (Å²) in [5, 5.41) is 13.9. The van der Waals surface area contributed by atoms with Crippen LogP contribution in [0.5, 0.6) is 5.75 Å². The number of halogens is 3. The first-order valence-corrected chi connectivity index (χ1v) is 8.00. The molecule has 21 heavy (non-hydrogen) atoms. The molecule has 2 N–H and O–H groups in total. The summed E-state index contributed by atoms with van der Waals surface area (Å²) in [4.78, 5) is 11.9. The Morgan fingerprint density at radius 2 is 2.10 bits per heavy atom. The number of aromatic hydroxyl groups is 1. The van der Waals surface area contributed by atoms with Crippen LogP contribution in [-0.2, 0) is 0 Å². The molecule has 2 aromatic carbocycles. The summed E-state index contributed by atoms with van der Waals surface area (Å²) >= 11 is 11.2. The molecule has 0 fully saturated rings. The smallest absolute Gasteiger partial charge is 0.272 e. The molecule has 0 unspecified atom stereocenters. The van der Waals surface area contributed by atoms with Gasteiger partial charge in [0.05, 0.1) is 24.8 Å². The molecule has 0 spiro atoms. The van der Waals surface area contributed by atoms with Crippen molar-refractivity contribution < 1.29 is 9.90 Å². The van der Waals surface area contributed by atoms with Gasteiger partial charge in [0, 0.05) is 0 Å². The standard InChI is InChI=1S/C14H9BrClIN2O2/c15-10-5-8(6-12(17)13(10)20)7-18-19-14(21)9-3-1-2-4-11(9)16/h1-7,20H,(H,19,21)/b18-7-. The molecule has 2 rings (SSSR count). The van der Waals surface area contributed by atoms with E-state index in [0.29, 0.717) is 18.6 Å². The average molecular weight is 479 g/mol. The highest BCUT2D eigenvalue weighted by molar-refractivity contribution is 14.1. The first-order chi connectivity index (χ1) is 9.99. The van der Waals surface area contributed by atoms with Crippen LogP contribution in [0.4, 0.5) is 0 Å². The molecule has 0 saturated heterocycles. The van der Waals surface area contributed by atoms with Crippen molar-refractivity contribution in [3.8, 4) is 5.75 Å². The van der Waals surface area contributed by atoms with E-state index in [9.17, 15) is 9.90 Å². The number of carbonyl (C=O) groups excluding carboxylic acids is 1. The molecule has 108 valence electrons. The lowest BCUT2D eigenvalue weighted by atomic mass is 10.2. The molecule has 0 heterocycles. The molecule has 0 atom stereocenters. The number of hydrogen-bond donors (Lipinski definition) is 2. The highest BCUT2D eigenvalue weighted by atomic mass is 127. The molecule has 0 aliphatic carbocycles. The van der Waals surface area contributed by atoms with Crippen molar-refractivity contribution in [1.82, 2.24) is 5.43 Å². The third-order valence-corrected chi connectivity index (χ3v) is 4.29. The average Bonchev–Trinajstić information content (AvgIpc) is 2.45. The minimum Gasteiger partial charge on any atom is -0.506 e. The van der Waals surface area contributed by atoms with Gasteiger partial charge in [-0.3, -0.25) is 4.79 Å². The highest BCUT2D eigenvalue weighted by Gasteiger charge is 2.08. The fourth-order valence-corrected chi connectivity index (χ4v) is 3.25. The van der Waals surface area contributed by atoms with Crippen LogP contribution in [0.1, 0.15) is 15.9 Å². The van der Waals surface area contributed by atoms with Crippen LogP contribution in [0.2, 0.25) is 5.02 Å². The Kier molecular flexibility index (Phi) is 5.60. The molecule has 1 amide bonds. The topological polar surface area (TPSA) is 61.7 Å². The van der Waals surface area contributed by atoms with Gasteiger partial charge in [0.25, 0.3) is 5.91 Å². The largest absolute Gasteiger partial charge is 0.506 e. The molecule has 0 bridgehead atoms. The summed E-state index contributed by atoms with van der Waals surface area (Å²) < 4.78 is 1.24. The number of amides is 1. The van der Waals surface area contributed by atoms with Gasteiger partial charge in [0.15, 0.2) is 0 Å². The Morgan fingerprint density at radius 3 is 2.76 bits per heavy atom. The van der Waals surface area contributed by atoms with Gasteiger partial charge in [-0.25, -0.2) is 5.43 Å². The van der Waals surface area contributed by atoms with Crippen molar-refractivity contribution in [3.05, 3.63) is 60.6 Å². The van der Waals surface area contributed by atoms with E-state index in [4.69, 9.17) is 11.6 Å². The number of hydrazone groups is 1. The maximum atomic E-state index is 11.9. The van der Waals surface area contributed by atoms with Crippen molar-refractivity contribution in [1.29, 1.82) is 0 Å². The van der Waals surface area contributed by atoms with E-state index in [1.165, 1.54) is 6.21 Å². The molecule has 0 radical (unpaired) electrons. The fraction of sp³-hybridized carbons (Fsp3) is 0. The Balaban J connectivity index is 2.10. The minimum atomic E-state index is -0.385. The van der Waals surface area contributed by atoms with Crippen LogP contribution in [0.15, 0.2) is 46.0 Å². The molecule has 0 aromatic heterocycles. The number of nitrogens with zero attached hydrogens (tertiary/aromatic N) is 1. The van der Waals surface area contributed by atoms with Gasteiger partial charge < -0.3 is 5.11 Å². The van der Waals surface area contributed by atoms with Crippen molar-refractivity contribution in [2.75, 3.05) is 0 Å². The van der Waals surface area contributed by atoms with E-state index >= 15 is 0 Å². The van der Waals surface area contributed by atoms with Crippen LogP contribution in [0.3, 0.4) is 0 Å². The third kappa shape index (κ3) is 4.18. The van der Waals surface area contributed by atoms with Gasteiger partial charge in [-0.1, -0.05) is 23.7 Å². The maximum Gasteiger partial charge on any atom is 0.272 e. The predicted octanol–water partition coefficient (Wildman–Crippen LogP) is 4.18. The van der Waals surface area contributed by atoms with Crippen molar-refractivity contribution in [3.63, 3.8) is 0 Å². The second kappa shape index (κ2) is 7.24. The van der Waals surface area contributed by atoms with E-state index in [-0.39, 0.29) is 11.7 Å². The van der Waals surface area contributed by atoms with E-state index in [1.807, 2.05) is 22.6 Å². The summed E-state index contributed by atoms with van der Waals surface area (Å²) in [7, 11) is 0. The zero-order chi connectivity index (χ0) is 15.4. The van der Waals surface area contributed by atoms with Gasteiger partial charge in [0.2, 0.25) is 0 Å². The second-order valence-corrected chi connectivity index (χ2v) is 6.44. The van der Waals surface area contributed by atoms with Crippen LogP contribution in [0, 0.1) is 3.57 Å². The van der Waals surface area contributed by atoms with Gasteiger partial charge >= 0.3 is 0 Å². The zero-order valence-corrected chi connectivity index (χ0v) is 15.0. The normalized spacial score (nSPS) is 10.8. The first kappa shape index (κ1) is 16.3. The lowest BCUT2D eigenvalue weighted by Crippen LogP contribution is -2.17. The number of phenolic OH excluding ortho intramolecular Hbond substituents is 1. The third-order valence-electron chi connectivity index (χ3n) is 2.54. The molecule has 4 nitrogen and oxygen atoms in total. The van der Waals surface area contributed by atoms with Crippen molar-refractivity contribution in [2.45, 2.75) is 0 Å². The summed E-state index contributed by atoms with van der Waals surface area (Å²) in [6.45, 7) is 0. The molecule has 7 heteroatoms. The summed E-state index contributed by atoms with van der Waals surface area (Å²) in [6.07, 6.45) is 1.49. The lowest BCUT2D eigenvalue weighted by Gasteiger charge is -2.03. The van der Waals surface area contributed by atoms with E-state index < -0.39 is 0 Å². The van der Waals surface area contributed by atoms with Gasteiger partial charge in [0.1, 0.15) is 5.75 Å². The van der Waals surface area contributed by atoms with Crippen LogP contribution < -0.4 is 5.43 Å². The van der Waals surface area contributed by atoms with Crippen molar-refractivity contribution in [2.24, 2.45) is 5.10 Å². The Morgan fingerprint density at radius 1 is 1.38 bits per heavy atom. The second-order valence-electron chi connectivity index (χ2n) is 4.01. The van der Waals surface area contributed by atoms with E-state index in [0.717, 1.165) is 5.56 Å². The number of rotatable bonds is 3. The van der Waals surface area contributed by atoms with Gasteiger partial charge in [-0.15, -0.1) is 0 Å². The quantitative estimate of drug-likeness (QED) is 0.394. The molecule has 0 aliphatic rings. The van der Waals surface area contributed by atoms with Crippen LogP contribution >= 0.6 is 50.1 Å². The fourth-order valence-electron chi connectivity index (χ4n) is 1.53. The van der Waals surface area contributed by atoms with E-state index in [1.54, 1.807) is 36.4 Å². The molecular weight excluding hydrogens is 470 g/mol. The van der Waals surface area contributed by atoms with E-state index in [2.05, 4.69) is 26.5 Å². The molecule has 0 aliphatic heterocycles. The lowest BCUT2D eigenvalue weighted by molar-refractivity contribution is 0.0955. The Labute approximate surface area is 148 Å². The molecule has 2 aromatic rings. The summed E-state index contributed by atoms with van der Waals surface area (Å²) in [5.41, 5.74) is 3.51. The van der Waals surface area contributed by atoms with Crippen LogP contribution in [-0.4, -0.2) is 17.2 Å². The number of nitrogens with one attached hydrogen (secondary N) is 1. The van der Waals surface area contributed by atoms with Crippen molar-refractivity contribution >= 4 is 62.2 Å². The van der Waals surface area contributed by atoms with Gasteiger partial charge in [-0.2, -0.15) is 5.10 Å². The minimum absolute atomic E-state index is 0.174. The first-order valence-electron chi connectivity index (χ1n) is 5.75. The Hall–Kier alpha value is -1.12.